The first-order valence-electron chi connectivity index (χ1n) is 6.56. The number of aromatic nitrogens is 2. The summed E-state index contributed by atoms with van der Waals surface area (Å²) < 4.78 is 2.16. The minimum absolute atomic E-state index is 0.897. The van der Waals surface area contributed by atoms with E-state index in [1.54, 1.807) is 0 Å². The van der Waals surface area contributed by atoms with Gasteiger partial charge in [0.1, 0.15) is 5.82 Å². The fraction of sp³-hybridized carbons (Fsp3) is 0.400. The molecule has 18 heavy (non-hydrogen) atoms. The summed E-state index contributed by atoms with van der Waals surface area (Å²) in [5.74, 6) is 1.06. The van der Waals surface area contributed by atoms with Crippen molar-refractivity contribution in [3.05, 3.63) is 53.6 Å². The van der Waals surface area contributed by atoms with Crippen molar-refractivity contribution in [2.24, 2.45) is 0 Å². The molecule has 1 heterocycles. The van der Waals surface area contributed by atoms with Gasteiger partial charge in [-0.25, -0.2) is 4.98 Å². The molecule has 0 bridgehead atoms. The molecular formula is C15H21N3. The summed E-state index contributed by atoms with van der Waals surface area (Å²) >= 11 is 0. The van der Waals surface area contributed by atoms with Gasteiger partial charge in [-0.15, -0.1) is 0 Å². The SMILES string of the molecule is CCCNCc1ccc(Cn2ccnc2C)cc1. The molecule has 0 aliphatic carbocycles. The van der Waals surface area contributed by atoms with E-state index in [1.807, 2.05) is 19.3 Å². The molecule has 0 unspecified atom stereocenters. The lowest BCUT2D eigenvalue weighted by Crippen LogP contribution is -2.13. The van der Waals surface area contributed by atoms with Crippen LogP contribution in [0.25, 0.3) is 0 Å². The van der Waals surface area contributed by atoms with Crippen molar-refractivity contribution >= 4 is 0 Å². The Balaban J connectivity index is 1.93. The fourth-order valence-electron chi connectivity index (χ4n) is 1.94. The smallest absolute Gasteiger partial charge is 0.105 e. The third kappa shape index (κ3) is 3.44. The topological polar surface area (TPSA) is 29.9 Å². The van der Waals surface area contributed by atoms with Gasteiger partial charge in [0.2, 0.25) is 0 Å². The predicted molar refractivity (Wildman–Crippen MR) is 74.5 cm³/mol. The molecule has 1 N–H and O–H groups in total. The van der Waals surface area contributed by atoms with Crippen LogP contribution in [0.2, 0.25) is 0 Å². The highest BCUT2D eigenvalue weighted by Crippen LogP contribution is 2.07. The minimum atomic E-state index is 0.897. The second-order valence-corrected chi connectivity index (χ2v) is 4.60. The third-order valence-corrected chi connectivity index (χ3v) is 3.06. The number of nitrogens with zero attached hydrogens (tertiary/aromatic N) is 2. The highest BCUT2D eigenvalue weighted by molar-refractivity contribution is 5.23. The van der Waals surface area contributed by atoms with Crippen LogP contribution in [-0.4, -0.2) is 16.1 Å². The Morgan fingerprint density at radius 1 is 1.17 bits per heavy atom. The average molecular weight is 243 g/mol. The highest BCUT2D eigenvalue weighted by Gasteiger charge is 1.99. The number of hydrogen-bond donors (Lipinski definition) is 1. The first kappa shape index (κ1) is 12.8. The van der Waals surface area contributed by atoms with Gasteiger partial charge < -0.3 is 9.88 Å². The normalized spacial score (nSPS) is 10.8. The van der Waals surface area contributed by atoms with E-state index in [4.69, 9.17) is 0 Å². The Kier molecular flexibility index (Phi) is 4.53. The molecule has 0 amide bonds. The van der Waals surface area contributed by atoms with Crippen LogP contribution < -0.4 is 5.32 Å². The summed E-state index contributed by atoms with van der Waals surface area (Å²) in [4.78, 5) is 4.23. The van der Waals surface area contributed by atoms with Crippen LogP contribution in [0.15, 0.2) is 36.7 Å². The van der Waals surface area contributed by atoms with E-state index in [0.717, 1.165) is 25.5 Å². The first-order chi connectivity index (χ1) is 8.79. The zero-order valence-electron chi connectivity index (χ0n) is 11.2. The molecule has 3 nitrogen and oxygen atoms in total. The van der Waals surface area contributed by atoms with E-state index >= 15 is 0 Å². The largest absolute Gasteiger partial charge is 0.331 e. The molecule has 0 atom stereocenters. The van der Waals surface area contributed by atoms with Gasteiger partial charge in [0.05, 0.1) is 0 Å². The molecule has 2 rings (SSSR count). The molecule has 96 valence electrons. The Morgan fingerprint density at radius 2 is 1.89 bits per heavy atom. The van der Waals surface area contributed by atoms with E-state index in [1.165, 1.54) is 17.5 Å². The molecule has 0 aliphatic heterocycles. The zero-order valence-corrected chi connectivity index (χ0v) is 11.2. The molecule has 2 aromatic rings. The summed E-state index contributed by atoms with van der Waals surface area (Å²) in [7, 11) is 0. The van der Waals surface area contributed by atoms with Crippen molar-refractivity contribution < 1.29 is 0 Å². The Labute approximate surface area is 109 Å². The quantitative estimate of drug-likeness (QED) is 0.791. The van der Waals surface area contributed by atoms with Crippen molar-refractivity contribution in [2.45, 2.75) is 33.4 Å². The maximum absolute atomic E-state index is 4.23. The fourth-order valence-corrected chi connectivity index (χ4v) is 1.94. The lowest BCUT2D eigenvalue weighted by molar-refractivity contribution is 0.675. The summed E-state index contributed by atoms with van der Waals surface area (Å²) in [5, 5.41) is 3.41. The first-order valence-corrected chi connectivity index (χ1v) is 6.56. The molecule has 3 heteroatoms. The molecule has 0 aliphatic rings. The van der Waals surface area contributed by atoms with Gasteiger partial charge >= 0.3 is 0 Å². The summed E-state index contributed by atoms with van der Waals surface area (Å²) in [6, 6.07) is 8.79. The van der Waals surface area contributed by atoms with Crippen LogP contribution in [0.3, 0.4) is 0 Å². The predicted octanol–water partition coefficient (Wildman–Crippen LogP) is 2.74. The zero-order chi connectivity index (χ0) is 12.8. The van der Waals surface area contributed by atoms with Crippen molar-refractivity contribution in [3.63, 3.8) is 0 Å². The van der Waals surface area contributed by atoms with Crippen molar-refractivity contribution in [1.82, 2.24) is 14.9 Å². The second kappa shape index (κ2) is 6.36. The number of benzene rings is 1. The Bertz CT molecular complexity index is 471. The number of hydrogen-bond acceptors (Lipinski definition) is 2. The van der Waals surface area contributed by atoms with E-state index < -0.39 is 0 Å². The maximum atomic E-state index is 4.23. The van der Waals surface area contributed by atoms with E-state index in [-0.39, 0.29) is 0 Å². The Morgan fingerprint density at radius 3 is 2.50 bits per heavy atom. The molecular weight excluding hydrogens is 222 g/mol. The molecule has 0 saturated heterocycles. The molecule has 1 aromatic carbocycles. The van der Waals surface area contributed by atoms with Gasteiger partial charge in [-0.3, -0.25) is 0 Å². The van der Waals surface area contributed by atoms with E-state index in [9.17, 15) is 0 Å². The molecule has 0 radical (unpaired) electrons. The summed E-state index contributed by atoms with van der Waals surface area (Å²) in [5.41, 5.74) is 2.66. The highest BCUT2D eigenvalue weighted by atomic mass is 15.0. The van der Waals surface area contributed by atoms with Gasteiger partial charge in [-0.2, -0.15) is 0 Å². The number of rotatable bonds is 6. The van der Waals surface area contributed by atoms with Gasteiger partial charge in [-0.05, 0) is 31.0 Å². The monoisotopic (exact) mass is 243 g/mol. The van der Waals surface area contributed by atoms with Crippen LogP contribution in [-0.2, 0) is 13.1 Å². The minimum Gasteiger partial charge on any atom is -0.331 e. The van der Waals surface area contributed by atoms with Gasteiger partial charge in [0, 0.05) is 25.5 Å². The standard InChI is InChI=1S/C15H21N3/c1-3-8-16-11-14-4-6-15(7-5-14)12-18-10-9-17-13(18)2/h4-7,9-10,16H,3,8,11-12H2,1-2H3. The third-order valence-electron chi connectivity index (χ3n) is 3.06. The molecule has 0 saturated carbocycles. The van der Waals surface area contributed by atoms with Crippen molar-refractivity contribution in [1.29, 1.82) is 0 Å². The van der Waals surface area contributed by atoms with Crippen LogP contribution in [0, 0.1) is 6.92 Å². The van der Waals surface area contributed by atoms with Crippen LogP contribution in [0.5, 0.6) is 0 Å². The molecule has 0 spiro atoms. The van der Waals surface area contributed by atoms with Gasteiger partial charge in [0.25, 0.3) is 0 Å². The van der Waals surface area contributed by atoms with Crippen LogP contribution in [0.1, 0.15) is 30.3 Å². The van der Waals surface area contributed by atoms with Crippen molar-refractivity contribution in [2.75, 3.05) is 6.54 Å². The van der Waals surface area contributed by atoms with Gasteiger partial charge in [-0.1, -0.05) is 31.2 Å². The van der Waals surface area contributed by atoms with E-state index in [2.05, 4.69) is 46.1 Å². The lowest BCUT2D eigenvalue weighted by atomic mass is 10.1. The molecule has 0 fully saturated rings. The lowest BCUT2D eigenvalue weighted by Gasteiger charge is -2.07. The number of imidazole rings is 1. The van der Waals surface area contributed by atoms with E-state index in [0.29, 0.717) is 0 Å². The number of aryl methyl sites for hydroxylation is 1. The molecule has 1 aromatic heterocycles. The maximum Gasteiger partial charge on any atom is 0.105 e. The van der Waals surface area contributed by atoms with Gasteiger partial charge in [0.15, 0.2) is 0 Å². The number of nitrogens with one attached hydrogen (secondary N) is 1. The van der Waals surface area contributed by atoms with Crippen molar-refractivity contribution in [3.8, 4) is 0 Å². The Hall–Kier alpha value is -1.61. The average Bonchev–Trinajstić information content (AvgIpc) is 2.78. The second-order valence-electron chi connectivity index (χ2n) is 4.60. The summed E-state index contributed by atoms with van der Waals surface area (Å²) in [6.07, 6.45) is 5.04. The summed E-state index contributed by atoms with van der Waals surface area (Å²) in [6.45, 7) is 7.15. The van der Waals surface area contributed by atoms with Crippen LogP contribution in [0.4, 0.5) is 0 Å². The van der Waals surface area contributed by atoms with Crippen LogP contribution >= 0.6 is 0 Å².